The summed E-state index contributed by atoms with van der Waals surface area (Å²) in [6.45, 7) is 7.74. The normalized spacial score (nSPS) is 12.9. The molecule has 0 saturated heterocycles. The van der Waals surface area contributed by atoms with E-state index in [9.17, 15) is 0 Å². The highest BCUT2D eigenvalue weighted by Gasteiger charge is 2.13. The third-order valence-corrected chi connectivity index (χ3v) is 4.68. The van der Waals surface area contributed by atoms with Crippen molar-refractivity contribution in [1.29, 1.82) is 0 Å². The van der Waals surface area contributed by atoms with Crippen molar-refractivity contribution in [3.63, 3.8) is 0 Å². The largest absolute Gasteiger partial charge is 0.399 e. The molecule has 114 valence electrons. The lowest BCUT2D eigenvalue weighted by Crippen LogP contribution is -2.01. The van der Waals surface area contributed by atoms with E-state index in [0.29, 0.717) is 30.7 Å². The van der Waals surface area contributed by atoms with Crippen molar-refractivity contribution in [2.24, 2.45) is 16.9 Å². The van der Waals surface area contributed by atoms with E-state index in [2.05, 4.69) is 11.7 Å². The van der Waals surface area contributed by atoms with E-state index >= 15 is 0 Å². The molecule has 7 heteroatoms. The van der Waals surface area contributed by atoms with E-state index in [1.54, 1.807) is 18.2 Å². The number of nitrogen functional groups attached to an aromatic ring is 1. The van der Waals surface area contributed by atoms with E-state index < -0.39 is 0 Å². The number of hydrogen-bond acceptors (Lipinski definition) is 4. The molecule has 3 nitrogen and oxygen atoms in total. The lowest BCUT2D eigenvalue weighted by atomic mass is 10.0. The van der Waals surface area contributed by atoms with Gasteiger partial charge < -0.3 is 11.6 Å². The van der Waals surface area contributed by atoms with Gasteiger partial charge in [0.05, 0.1) is 14.9 Å². The predicted octanol–water partition coefficient (Wildman–Crippen LogP) is 5.27. The van der Waals surface area contributed by atoms with Crippen LogP contribution in [0.3, 0.4) is 0 Å². The van der Waals surface area contributed by atoms with Crippen molar-refractivity contribution in [3.05, 3.63) is 45.4 Å². The Balaban J connectivity index is 3.16. The van der Waals surface area contributed by atoms with Crippen molar-refractivity contribution in [1.82, 2.24) is 0 Å². The molecule has 0 heterocycles. The van der Waals surface area contributed by atoms with Crippen LogP contribution in [0.15, 0.2) is 45.4 Å². The van der Waals surface area contributed by atoms with Crippen LogP contribution in [0.5, 0.6) is 0 Å². The van der Waals surface area contributed by atoms with Gasteiger partial charge in [-0.25, -0.2) is 0 Å². The second-order valence-electron chi connectivity index (χ2n) is 4.54. The zero-order chi connectivity index (χ0) is 16.2. The molecular weight excluding hydrogens is 349 g/mol. The highest BCUT2D eigenvalue weighted by molar-refractivity contribution is 8.14. The molecule has 1 aromatic carbocycles. The molecule has 1 aromatic rings. The summed E-state index contributed by atoms with van der Waals surface area (Å²) in [4.78, 5) is 0.635. The van der Waals surface area contributed by atoms with Crippen LogP contribution in [0.1, 0.15) is 13.8 Å². The molecule has 0 aliphatic carbocycles. The van der Waals surface area contributed by atoms with Gasteiger partial charge in [0, 0.05) is 10.7 Å². The summed E-state index contributed by atoms with van der Waals surface area (Å²) in [5, 5.41) is 5.60. The summed E-state index contributed by atoms with van der Waals surface area (Å²) >= 11 is 19.5. The molecule has 0 fully saturated rings. The van der Waals surface area contributed by atoms with Crippen molar-refractivity contribution in [2.45, 2.75) is 18.7 Å². The summed E-state index contributed by atoms with van der Waals surface area (Å²) in [5.74, 6) is 5.62. The average molecular weight is 365 g/mol. The van der Waals surface area contributed by atoms with E-state index in [0.717, 1.165) is 5.57 Å². The van der Waals surface area contributed by atoms with Crippen molar-refractivity contribution in [2.75, 3.05) is 5.73 Å². The van der Waals surface area contributed by atoms with Gasteiger partial charge in [-0.05, 0) is 29.7 Å². The number of allylic oxidation sites excluding steroid dienone is 2. The number of nitrogens with zero attached hydrogens (tertiary/aromatic N) is 1. The fourth-order valence-electron chi connectivity index (χ4n) is 1.57. The standard InChI is InChI=1S/C14H16Cl3N3S/c1-7(2)10(8(3)15)6-13(20-19)21-14-11(16)4-9(18)5-12(14)17/h4-7H,3,18-19H2,1-2H3/b10-6-,20-13+. The van der Waals surface area contributed by atoms with E-state index in [-0.39, 0.29) is 5.92 Å². The van der Waals surface area contributed by atoms with E-state index in [1.165, 1.54) is 11.8 Å². The lowest BCUT2D eigenvalue weighted by molar-refractivity contribution is 0.790. The smallest absolute Gasteiger partial charge is 0.121 e. The number of rotatable bonds is 4. The van der Waals surface area contributed by atoms with Crippen LogP contribution >= 0.6 is 46.6 Å². The number of nitrogens with two attached hydrogens (primary N) is 2. The Morgan fingerprint density at radius 3 is 2.24 bits per heavy atom. The minimum Gasteiger partial charge on any atom is -0.399 e. The number of halogens is 3. The first-order valence-corrected chi connectivity index (χ1v) is 7.98. The molecule has 0 aliphatic heterocycles. The molecule has 0 radical (unpaired) electrons. The van der Waals surface area contributed by atoms with Crippen LogP contribution in [0.2, 0.25) is 10.0 Å². The fraction of sp³-hybridized carbons (Fsp3) is 0.214. The third kappa shape index (κ3) is 5.15. The number of benzene rings is 1. The van der Waals surface area contributed by atoms with Gasteiger partial charge in [-0.1, -0.05) is 67.0 Å². The molecule has 0 aliphatic rings. The quantitative estimate of drug-likeness (QED) is 0.145. The second-order valence-corrected chi connectivity index (χ2v) is 6.84. The number of hydrazone groups is 1. The van der Waals surface area contributed by atoms with Gasteiger partial charge in [0.25, 0.3) is 0 Å². The van der Waals surface area contributed by atoms with Crippen molar-refractivity contribution in [3.8, 4) is 0 Å². The minimum absolute atomic E-state index is 0.185. The Labute approximate surface area is 144 Å². The second kappa shape index (κ2) is 7.99. The molecule has 21 heavy (non-hydrogen) atoms. The molecule has 1 rings (SSSR count). The average Bonchev–Trinajstić information content (AvgIpc) is 2.36. The topological polar surface area (TPSA) is 64.4 Å². The first kappa shape index (κ1) is 18.2. The number of thioether (sulfide) groups is 1. The molecule has 0 atom stereocenters. The van der Waals surface area contributed by atoms with Crippen LogP contribution in [-0.4, -0.2) is 5.04 Å². The summed E-state index contributed by atoms with van der Waals surface area (Å²) < 4.78 is 0. The summed E-state index contributed by atoms with van der Waals surface area (Å²) in [6.07, 6.45) is 1.77. The van der Waals surface area contributed by atoms with Crippen molar-refractivity contribution >= 4 is 57.3 Å². The monoisotopic (exact) mass is 363 g/mol. The van der Waals surface area contributed by atoms with Gasteiger partial charge in [0.2, 0.25) is 0 Å². The predicted molar refractivity (Wildman–Crippen MR) is 96.3 cm³/mol. The van der Waals surface area contributed by atoms with Gasteiger partial charge >= 0.3 is 0 Å². The van der Waals surface area contributed by atoms with Gasteiger partial charge in [0.15, 0.2) is 0 Å². The lowest BCUT2D eigenvalue weighted by Gasteiger charge is -2.11. The maximum atomic E-state index is 6.15. The summed E-state index contributed by atoms with van der Waals surface area (Å²) in [5.41, 5.74) is 7.01. The van der Waals surface area contributed by atoms with Crippen LogP contribution in [0.4, 0.5) is 5.69 Å². The van der Waals surface area contributed by atoms with Crippen LogP contribution in [0, 0.1) is 5.92 Å². The Morgan fingerprint density at radius 2 is 1.86 bits per heavy atom. The van der Waals surface area contributed by atoms with Crippen LogP contribution in [0.25, 0.3) is 0 Å². The summed E-state index contributed by atoms with van der Waals surface area (Å²) in [6, 6.07) is 3.24. The number of anilines is 1. The minimum atomic E-state index is 0.185. The van der Waals surface area contributed by atoms with Gasteiger partial charge in [0.1, 0.15) is 5.04 Å². The van der Waals surface area contributed by atoms with E-state index in [1.807, 2.05) is 13.8 Å². The maximum absolute atomic E-state index is 6.15. The Kier molecular flexibility index (Phi) is 6.94. The zero-order valence-electron chi connectivity index (χ0n) is 11.7. The molecular formula is C14H16Cl3N3S. The molecule has 0 spiro atoms. The molecule has 0 bridgehead atoms. The maximum Gasteiger partial charge on any atom is 0.121 e. The van der Waals surface area contributed by atoms with Crippen LogP contribution < -0.4 is 11.6 Å². The number of hydrogen-bond donors (Lipinski definition) is 2. The molecule has 0 saturated carbocycles. The highest BCUT2D eigenvalue weighted by Crippen LogP contribution is 2.37. The van der Waals surface area contributed by atoms with Gasteiger partial charge in [-0.15, -0.1) is 0 Å². The van der Waals surface area contributed by atoms with Gasteiger partial charge in [-0.3, -0.25) is 0 Å². The Morgan fingerprint density at radius 1 is 1.33 bits per heavy atom. The highest BCUT2D eigenvalue weighted by atomic mass is 35.5. The summed E-state index contributed by atoms with van der Waals surface area (Å²) in [7, 11) is 0. The fourth-order valence-corrected chi connectivity index (χ4v) is 3.33. The van der Waals surface area contributed by atoms with Crippen molar-refractivity contribution < 1.29 is 0 Å². The first-order chi connectivity index (χ1) is 9.76. The van der Waals surface area contributed by atoms with Crippen LogP contribution in [-0.2, 0) is 0 Å². The molecule has 4 N–H and O–H groups in total. The Hall–Kier alpha value is -0.810. The van der Waals surface area contributed by atoms with Gasteiger partial charge in [-0.2, -0.15) is 5.10 Å². The SMILES string of the molecule is C=C(Cl)/C(=C\C(=N/N)Sc1c(Cl)cc(N)cc1Cl)C(C)C. The molecule has 0 aromatic heterocycles. The zero-order valence-corrected chi connectivity index (χ0v) is 14.7. The Bertz CT molecular complexity index is 586. The molecule has 0 amide bonds. The molecule has 0 unspecified atom stereocenters. The van der Waals surface area contributed by atoms with E-state index in [4.69, 9.17) is 46.4 Å². The third-order valence-electron chi connectivity index (χ3n) is 2.57. The first-order valence-electron chi connectivity index (χ1n) is 6.02.